The lowest BCUT2D eigenvalue weighted by Gasteiger charge is -2.29. The molecule has 0 radical (unpaired) electrons. The van der Waals surface area contributed by atoms with Crippen molar-refractivity contribution in [2.75, 3.05) is 132 Å². The second kappa shape index (κ2) is 36.4. The monoisotopic (exact) mass is 695 g/mol. The van der Waals surface area contributed by atoms with Crippen molar-refractivity contribution in [2.24, 2.45) is 17.8 Å². The number of hydrogen-bond acceptors (Lipinski definition) is 11. The molecule has 0 aromatic heterocycles. The van der Waals surface area contributed by atoms with Gasteiger partial charge in [-0.1, -0.05) is 72.1 Å². The van der Waals surface area contributed by atoms with Crippen LogP contribution >= 0.6 is 0 Å². The van der Waals surface area contributed by atoms with Gasteiger partial charge in [-0.2, -0.15) is 0 Å². The molecule has 288 valence electrons. The van der Waals surface area contributed by atoms with Gasteiger partial charge in [-0.15, -0.1) is 0 Å². The van der Waals surface area contributed by atoms with Crippen molar-refractivity contribution < 1.29 is 52.5 Å². The van der Waals surface area contributed by atoms with Crippen molar-refractivity contribution in [3.05, 3.63) is 0 Å². The lowest BCUT2D eigenvalue weighted by Crippen LogP contribution is -2.24. The van der Waals surface area contributed by atoms with Crippen molar-refractivity contribution in [1.29, 1.82) is 0 Å². The summed E-state index contributed by atoms with van der Waals surface area (Å²) in [5, 5.41) is 8.59. The van der Waals surface area contributed by atoms with Gasteiger partial charge >= 0.3 is 0 Å². The Kier molecular flexibility index (Phi) is 34.5. The zero-order chi connectivity index (χ0) is 34.6. The Labute approximate surface area is 293 Å². The summed E-state index contributed by atoms with van der Waals surface area (Å²) in [5.41, 5.74) is 0. The molecule has 0 heterocycles. The molecule has 0 aromatic rings. The topological polar surface area (TPSA) is 113 Å². The van der Waals surface area contributed by atoms with E-state index in [4.69, 9.17) is 52.5 Å². The molecule has 11 heteroatoms. The van der Waals surface area contributed by atoms with E-state index >= 15 is 0 Å². The quantitative estimate of drug-likeness (QED) is 0.0846. The molecule has 0 bridgehead atoms. The third-order valence-electron chi connectivity index (χ3n) is 8.32. The largest absolute Gasteiger partial charge is 0.394 e. The fourth-order valence-corrected chi connectivity index (χ4v) is 5.63. The molecule has 3 unspecified atom stereocenters. The molecular weight excluding hydrogens is 620 g/mol. The molecule has 48 heavy (non-hydrogen) atoms. The maximum absolute atomic E-state index is 8.59. The van der Waals surface area contributed by atoms with Crippen LogP contribution in [0.4, 0.5) is 0 Å². The van der Waals surface area contributed by atoms with E-state index in [9.17, 15) is 0 Å². The molecule has 1 aliphatic carbocycles. The molecule has 0 aliphatic heterocycles. The summed E-state index contributed by atoms with van der Waals surface area (Å²) in [6, 6.07) is 0. The van der Waals surface area contributed by atoms with Gasteiger partial charge in [-0.25, -0.2) is 0 Å². The molecule has 1 rings (SSSR count). The highest BCUT2D eigenvalue weighted by atomic mass is 16.6. The first-order chi connectivity index (χ1) is 23.6. The zero-order valence-corrected chi connectivity index (χ0v) is 31.1. The van der Waals surface area contributed by atoms with Crippen molar-refractivity contribution in [2.45, 2.75) is 91.1 Å². The molecule has 1 saturated carbocycles. The summed E-state index contributed by atoms with van der Waals surface area (Å²) < 4.78 is 55.3. The Bertz CT molecular complexity index is 628. The molecule has 1 fully saturated rings. The predicted molar refractivity (Wildman–Crippen MR) is 188 cm³/mol. The average Bonchev–Trinajstić information content (AvgIpc) is 3.07. The van der Waals surface area contributed by atoms with E-state index in [1.807, 2.05) is 0 Å². The maximum atomic E-state index is 8.59. The van der Waals surface area contributed by atoms with E-state index in [0.717, 1.165) is 17.8 Å². The Morgan fingerprint density at radius 1 is 0.479 bits per heavy atom. The fourth-order valence-electron chi connectivity index (χ4n) is 5.63. The van der Waals surface area contributed by atoms with E-state index in [1.54, 1.807) is 0 Å². The highest BCUT2D eigenvalue weighted by molar-refractivity contribution is 4.74. The van der Waals surface area contributed by atoms with Crippen molar-refractivity contribution in [3.8, 4) is 0 Å². The minimum Gasteiger partial charge on any atom is -0.394 e. The van der Waals surface area contributed by atoms with Gasteiger partial charge in [0.05, 0.1) is 138 Å². The summed E-state index contributed by atoms with van der Waals surface area (Å²) in [7, 11) is 0. The molecule has 1 N–H and O–H groups in total. The summed E-state index contributed by atoms with van der Waals surface area (Å²) in [4.78, 5) is 0. The zero-order valence-electron chi connectivity index (χ0n) is 31.1. The van der Waals surface area contributed by atoms with Crippen LogP contribution < -0.4 is 0 Å². The van der Waals surface area contributed by atoms with Crippen molar-refractivity contribution in [3.63, 3.8) is 0 Å². The van der Waals surface area contributed by atoms with Gasteiger partial charge < -0.3 is 52.5 Å². The molecule has 0 spiro atoms. The first kappa shape index (κ1) is 45.6. The Balaban J connectivity index is 1.73. The van der Waals surface area contributed by atoms with Gasteiger partial charge in [0.1, 0.15) is 0 Å². The van der Waals surface area contributed by atoms with Crippen LogP contribution in [0, 0.1) is 17.8 Å². The number of hydrogen-bond donors (Lipinski definition) is 1. The summed E-state index contributed by atoms with van der Waals surface area (Å²) in [6.45, 7) is 17.1. The highest BCUT2D eigenvalue weighted by Gasteiger charge is 2.22. The summed E-state index contributed by atoms with van der Waals surface area (Å²) in [5.74, 6) is 2.54. The third-order valence-corrected chi connectivity index (χ3v) is 8.32. The van der Waals surface area contributed by atoms with Crippen LogP contribution in [-0.4, -0.2) is 143 Å². The molecule has 1 aliphatic rings. The van der Waals surface area contributed by atoms with E-state index in [2.05, 4.69) is 20.8 Å². The molecular formula is C37H74O11. The molecule has 0 saturated heterocycles. The average molecular weight is 695 g/mol. The maximum Gasteiger partial charge on any atom is 0.0704 e. The first-order valence-electron chi connectivity index (χ1n) is 19.0. The second-order valence-corrected chi connectivity index (χ2v) is 13.1. The minimum absolute atomic E-state index is 0.0302. The van der Waals surface area contributed by atoms with Crippen LogP contribution in [0.1, 0.15) is 85.0 Å². The predicted octanol–water partition coefficient (Wildman–Crippen LogP) is 5.34. The molecule has 0 amide bonds. The number of rotatable bonds is 38. The van der Waals surface area contributed by atoms with Gasteiger partial charge in [-0.3, -0.25) is 0 Å². The van der Waals surface area contributed by atoms with Crippen LogP contribution in [0.3, 0.4) is 0 Å². The van der Waals surface area contributed by atoms with Crippen LogP contribution in [0.5, 0.6) is 0 Å². The van der Waals surface area contributed by atoms with Crippen LogP contribution in [0.25, 0.3) is 0 Å². The number of aliphatic hydroxyl groups excluding tert-OH is 1. The van der Waals surface area contributed by atoms with Crippen LogP contribution in [0.15, 0.2) is 0 Å². The smallest absolute Gasteiger partial charge is 0.0704 e. The van der Waals surface area contributed by atoms with Gasteiger partial charge in [0.15, 0.2) is 0 Å². The standard InChI is InChI=1S/C37H74O11/c1-34(2)7-4-8-35(3)9-5-10-36-11-6-12-37(33-36)48-32-31-47-30-29-46-28-27-45-26-25-44-24-23-43-22-21-42-20-19-41-18-17-40-16-15-39-14-13-38/h34-38H,4-33H2,1-3H3. The lowest BCUT2D eigenvalue weighted by molar-refractivity contribution is -0.0373. The van der Waals surface area contributed by atoms with Crippen LogP contribution in [-0.2, 0) is 47.4 Å². The van der Waals surface area contributed by atoms with Gasteiger partial charge in [0.2, 0.25) is 0 Å². The van der Waals surface area contributed by atoms with Crippen LogP contribution in [0.2, 0.25) is 0 Å². The summed E-state index contributed by atoms with van der Waals surface area (Å²) in [6.07, 6.45) is 13.8. The van der Waals surface area contributed by atoms with Crippen molar-refractivity contribution >= 4 is 0 Å². The molecule has 11 nitrogen and oxygen atoms in total. The number of ether oxygens (including phenoxy) is 10. The van der Waals surface area contributed by atoms with Crippen molar-refractivity contribution in [1.82, 2.24) is 0 Å². The second-order valence-electron chi connectivity index (χ2n) is 13.1. The SMILES string of the molecule is CC(C)CCCC(C)CCCC1CCCC(OCCOCCOCCOCCOCCOCCOCCOCCOCCOCCO)C1. The molecule has 0 aromatic carbocycles. The van der Waals surface area contributed by atoms with Gasteiger partial charge in [0.25, 0.3) is 0 Å². The Morgan fingerprint density at radius 3 is 1.29 bits per heavy atom. The molecule has 3 atom stereocenters. The Hall–Kier alpha value is -0.440. The lowest BCUT2D eigenvalue weighted by atomic mass is 9.83. The van der Waals surface area contributed by atoms with Gasteiger partial charge in [0, 0.05) is 0 Å². The first-order valence-corrected chi connectivity index (χ1v) is 19.0. The Morgan fingerprint density at radius 2 is 0.875 bits per heavy atom. The minimum atomic E-state index is 0.0302. The van der Waals surface area contributed by atoms with E-state index < -0.39 is 0 Å². The van der Waals surface area contributed by atoms with E-state index in [-0.39, 0.29) is 6.61 Å². The number of aliphatic hydroxyl groups is 1. The van der Waals surface area contributed by atoms with E-state index in [1.165, 1.54) is 64.2 Å². The van der Waals surface area contributed by atoms with Gasteiger partial charge in [-0.05, 0) is 30.6 Å². The van der Waals surface area contributed by atoms with E-state index in [0.29, 0.717) is 132 Å². The third kappa shape index (κ3) is 32.7. The highest BCUT2D eigenvalue weighted by Crippen LogP contribution is 2.31. The summed E-state index contributed by atoms with van der Waals surface area (Å²) >= 11 is 0. The normalized spacial score (nSPS) is 17.4. The fraction of sp³-hybridized carbons (Fsp3) is 1.00.